The van der Waals surface area contributed by atoms with Crippen LogP contribution in [0.1, 0.15) is 42.7 Å². The van der Waals surface area contributed by atoms with Gasteiger partial charge in [-0.25, -0.2) is 4.68 Å². The average Bonchev–Trinajstić information content (AvgIpc) is 2.84. The Morgan fingerprint density at radius 2 is 2.10 bits per heavy atom. The second kappa shape index (κ2) is 6.09. The quantitative estimate of drug-likeness (QED) is 0.938. The molecule has 0 bridgehead atoms. The van der Waals surface area contributed by atoms with E-state index in [9.17, 15) is 4.79 Å². The monoisotopic (exact) mass is 291 g/mol. The number of hydrogen-bond donors (Lipinski definition) is 1. The molecule has 1 heterocycles. The van der Waals surface area contributed by atoms with Gasteiger partial charge in [0.15, 0.2) is 0 Å². The number of nitrogens with one attached hydrogen (secondary N) is 1. The Hall–Kier alpha value is -1.81. The molecule has 0 spiro atoms. The number of para-hydroxylation sites is 1. The Balaban J connectivity index is 2.56. The summed E-state index contributed by atoms with van der Waals surface area (Å²) in [6.07, 6.45) is 1.60. The Bertz CT molecular complexity index is 619. The standard InChI is InChI=1S/C15H18ClN3O/c1-4-17-15(20)11-9-18-19(14(11)10(2)3)13-8-6-5-7-12(13)16/h5-10H,4H2,1-3H3,(H,17,20). The van der Waals surface area contributed by atoms with Crippen LogP contribution in [0.25, 0.3) is 5.69 Å². The fraction of sp³-hybridized carbons (Fsp3) is 0.333. The van der Waals surface area contributed by atoms with Crippen LogP contribution in [0.3, 0.4) is 0 Å². The number of rotatable bonds is 4. The Morgan fingerprint density at radius 3 is 2.70 bits per heavy atom. The Labute approximate surface area is 123 Å². The normalized spacial score (nSPS) is 10.8. The van der Waals surface area contributed by atoms with E-state index < -0.39 is 0 Å². The highest BCUT2D eigenvalue weighted by Crippen LogP contribution is 2.26. The van der Waals surface area contributed by atoms with Crippen LogP contribution in [-0.2, 0) is 0 Å². The van der Waals surface area contributed by atoms with E-state index in [1.165, 1.54) is 0 Å². The highest BCUT2D eigenvalue weighted by Gasteiger charge is 2.21. The summed E-state index contributed by atoms with van der Waals surface area (Å²) < 4.78 is 1.75. The molecule has 0 atom stereocenters. The number of carbonyl (C=O) groups excluding carboxylic acids is 1. The van der Waals surface area contributed by atoms with Crippen LogP contribution in [0.2, 0.25) is 5.02 Å². The lowest BCUT2D eigenvalue weighted by Gasteiger charge is -2.13. The lowest BCUT2D eigenvalue weighted by Crippen LogP contribution is -2.24. The molecule has 20 heavy (non-hydrogen) atoms. The molecule has 1 amide bonds. The van der Waals surface area contributed by atoms with Crippen LogP contribution < -0.4 is 5.32 Å². The molecule has 5 heteroatoms. The van der Waals surface area contributed by atoms with Gasteiger partial charge >= 0.3 is 0 Å². The van der Waals surface area contributed by atoms with E-state index in [0.717, 1.165) is 11.4 Å². The van der Waals surface area contributed by atoms with Gasteiger partial charge in [0, 0.05) is 6.54 Å². The first kappa shape index (κ1) is 14.6. The summed E-state index contributed by atoms with van der Waals surface area (Å²) in [7, 11) is 0. The average molecular weight is 292 g/mol. The third kappa shape index (κ3) is 2.70. The van der Waals surface area contributed by atoms with Gasteiger partial charge in [-0.3, -0.25) is 4.79 Å². The second-order valence-corrected chi connectivity index (χ2v) is 5.23. The maximum absolute atomic E-state index is 12.1. The second-order valence-electron chi connectivity index (χ2n) is 4.82. The summed E-state index contributed by atoms with van der Waals surface area (Å²) in [5.74, 6) is 0.0564. The van der Waals surface area contributed by atoms with Crippen LogP contribution in [0.5, 0.6) is 0 Å². The van der Waals surface area contributed by atoms with E-state index in [1.54, 1.807) is 10.9 Å². The molecule has 0 unspecified atom stereocenters. The van der Waals surface area contributed by atoms with Crippen LogP contribution in [0.4, 0.5) is 0 Å². The number of halogens is 1. The molecule has 0 aliphatic heterocycles. The molecule has 0 radical (unpaired) electrons. The van der Waals surface area contributed by atoms with E-state index in [2.05, 4.69) is 10.4 Å². The van der Waals surface area contributed by atoms with E-state index in [0.29, 0.717) is 17.1 Å². The van der Waals surface area contributed by atoms with Gasteiger partial charge in [0.25, 0.3) is 5.91 Å². The van der Waals surface area contributed by atoms with Crippen molar-refractivity contribution in [1.82, 2.24) is 15.1 Å². The first-order valence-electron chi connectivity index (χ1n) is 6.67. The van der Waals surface area contributed by atoms with Gasteiger partial charge in [0.1, 0.15) is 0 Å². The van der Waals surface area contributed by atoms with Gasteiger partial charge in [0.2, 0.25) is 0 Å². The maximum Gasteiger partial charge on any atom is 0.254 e. The van der Waals surface area contributed by atoms with Crippen molar-refractivity contribution in [3.05, 3.63) is 46.7 Å². The van der Waals surface area contributed by atoms with E-state index in [4.69, 9.17) is 11.6 Å². The molecule has 4 nitrogen and oxygen atoms in total. The highest BCUT2D eigenvalue weighted by atomic mass is 35.5. The van der Waals surface area contributed by atoms with Crippen molar-refractivity contribution in [3.8, 4) is 5.69 Å². The molecule has 2 rings (SSSR count). The zero-order chi connectivity index (χ0) is 14.7. The fourth-order valence-corrected chi connectivity index (χ4v) is 2.38. The van der Waals surface area contributed by atoms with Crippen LogP contribution in [0.15, 0.2) is 30.5 Å². The van der Waals surface area contributed by atoms with E-state index in [-0.39, 0.29) is 11.8 Å². The molecule has 0 fully saturated rings. The maximum atomic E-state index is 12.1. The van der Waals surface area contributed by atoms with Gasteiger partial charge in [-0.05, 0) is 25.0 Å². The molecule has 1 aromatic carbocycles. The van der Waals surface area contributed by atoms with Gasteiger partial charge < -0.3 is 5.32 Å². The third-order valence-electron chi connectivity index (χ3n) is 3.02. The molecular formula is C15H18ClN3O. The van der Waals surface area contributed by atoms with Crippen LogP contribution in [-0.4, -0.2) is 22.2 Å². The van der Waals surface area contributed by atoms with E-state index in [1.807, 2.05) is 45.0 Å². The molecular weight excluding hydrogens is 274 g/mol. The number of aromatic nitrogens is 2. The predicted octanol–water partition coefficient (Wildman–Crippen LogP) is 3.40. The third-order valence-corrected chi connectivity index (χ3v) is 3.34. The number of amides is 1. The summed E-state index contributed by atoms with van der Waals surface area (Å²) in [5, 5.41) is 7.77. The zero-order valence-electron chi connectivity index (χ0n) is 11.9. The topological polar surface area (TPSA) is 46.9 Å². The lowest BCUT2D eigenvalue weighted by molar-refractivity contribution is 0.0954. The van der Waals surface area contributed by atoms with Crippen LogP contribution in [0, 0.1) is 0 Å². The summed E-state index contributed by atoms with van der Waals surface area (Å²) in [6.45, 7) is 6.55. The van der Waals surface area contributed by atoms with Gasteiger partial charge in [0.05, 0.1) is 28.2 Å². The van der Waals surface area contributed by atoms with Gasteiger partial charge in [-0.15, -0.1) is 0 Å². The molecule has 0 aliphatic rings. The van der Waals surface area contributed by atoms with Crippen molar-refractivity contribution in [2.24, 2.45) is 0 Å². The molecule has 0 saturated carbocycles. The molecule has 0 saturated heterocycles. The minimum atomic E-state index is -0.102. The Kier molecular flexibility index (Phi) is 4.45. The van der Waals surface area contributed by atoms with Gasteiger partial charge in [-0.1, -0.05) is 37.6 Å². The summed E-state index contributed by atoms with van der Waals surface area (Å²) in [4.78, 5) is 12.1. The fourth-order valence-electron chi connectivity index (χ4n) is 2.16. The molecule has 1 aromatic heterocycles. The minimum Gasteiger partial charge on any atom is -0.352 e. The largest absolute Gasteiger partial charge is 0.352 e. The smallest absolute Gasteiger partial charge is 0.254 e. The number of hydrogen-bond acceptors (Lipinski definition) is 2. The summed E-state index contributed by atoms with van der Waals surface area (Å²) in [6, 6.07) is 7.48. The SMILES string of the molecule is CCNC(=O)c1cnn(-c2ccccc2Cl)c1C(C)C. The van der Waals surface area contributed by atoms with Crippen molar-refractivity contribution in [2.75, 3.05) is 6.54 Å². The molecule has 106 valence electrons. The number of carbonyl (C=O) groups is 1. The molecule has 0 aliphatic carbocycles. The minimum absolute atomic E-state index is 0.102. The number of benzene rings is 1. The zero-order valence-corrected chi connectivity index (χ0v) is 12.6. The first-order valence-corrected chi connectivity index (χ1v) is 7.05. The summed E-state index contributed by atoms with van der Waals surface area (Å²) >= 11 is 6.22. The summed E-state index contributed by atoms with van der Waals surface area (Å²) in [5.41, 5.74) is 2.25. The Morgan fingerprint density at radius 1 is 1.40 bits per heavy atom. The van der Waals surface area contributed by atoms with Crippen molar-refractivity contribution in [1.29, 1.82) is 0 Å². The predicted molar refractivity (Wildman–Crippen MR) is 80.7 cm³/mol. The van der Waals surface area contributed by atoms with Crippen LogP contribution >= 0.6 is 11.6 Å². The van der Waals surface area contributed by atoms with Crippen molar-refractivity contribution >= 4 is 17.5 Å². The van der Waals surface area contributed by atoms with Crippen molar-refractivity contribution in [2.45, 2.75) is 26.7 Å². The number of nitrogens with zero attached hydrogens (tertiary/aromatic N) is 2. The van der Waals surface area contributed by atoms with Crippen molar-refractivity contribution in [3.63, 3.8) is 0 Å². The first-order chi connectivity index (χ1) is 9.56. The molecule has 1 N–H and O–H groups in total. The van der Waals surface area contributed by atoms with Crippen molar-refractivity contribution < 1.29 is 4.79 Å². The lowest BCUT2D eigenvalue weighted by atomic mass is 10.1. The highest BCUT2D eigenvalue weighted by molar-refractivity contribution is 6.32. The van der Waals surface area contributed by atoms with E-state index >= 15 is 0 Å². The molecule has 2 aromatic rings. The van der Waals surface area contributed by atoms with Gasteiger partial charge in [-0.2, -0.15) is 5.10 Å².